The van der Waals surface area contributed by atoms with E-state index in [2.05, 4.69) is 9.62 Å². The quantitative estimate of drug-likeness (QED) is 0.817. The lowest BCUT2D eigenvalue weighted by atomic mass is 10.0. The number of benzene rings is 1. The summed E-state index contributed by atoms with van der Waals surface area (Å²) in [6, 6.07) is 7.42. The van der Waals surface area contributed by atoms with Crippen LogP contribution in [0.5, 0.6) is 0 Å². The number of nitrogens with one attached hydrogen (secondary N) is 1. The molecule has 7 heteroatoms. The minimum atomic E-state index is -3.14. The van der Waals surface area contributed by atoms with Crippen molar-refractivity contribution in [2.24, 2.45) is 0 Å². The highest BCUT2D eigenvalue weighted by Gasteiger charge is 2.21. The monoisotopic (exact) mass is 326 g/mol. The summed E-state index contributed by atoms with van der Waals surface area (Å²) in [5, 5.41) is 0. The van der Waals surface area contributed by atoms with Crippen LogP contribution in [0.1, 0.15) is 28.8 Å². The van der Waals surface area contributed by atoms with Crippen molar-refractivity contribution in [3.8, 4) is 0 Å². The van der Waals surface area contributed by atoms with Crippen LogP contribution in [0.3, 0.4) is 0 Å². The molecule has 0 radical (unpaired) electrons. The Labute approximate surface area is 131 Å². The van der Waals surface area contributed by atoms with Crippen LogP contribution in [0.2, 0.25) is 0 Å². The first kappa shape index (κ1) is 16.9. The molecule has 0 atom stereocenters. The van der Waals surface area contributed by atoms with E-state index in [9.17, 15) is 13.2 Å². The number of ether oxygens (including phenoxy) is 1. The van der Waals surface area contributed by atoms with Crippen LogP contribution in [-0.2, 0) is 21.3 Å². The summed E-state index contributed by atoms with van der Waals surface area (Å²) in [6.07, 6.45) is 2.78. The van der Waals surface area contributed by atoms with Gasteiger partial charge < -0.3 is 4.74 Å². The number of hydrogen-bond donors (Lipinski definition) is 1. The normalized spacial score (nSPS) is 17.4. The third-order valence-corrected chi connectivity index (χ3v) is 4.48. The van der Waals surface area contributed by atoms with Crippen LogP contribution in [0.4, 0.5) is 0 Å². The van der Waals surface area contributed by atoms with Crippen LogP contribution in [0.15, 0.2) is 24.3 Å². The van der Waals surface area contributed by atoms with Gasteiger partial charge in [-0.3, -0.25) is 4.90 Å². The first-order valence-electron chi connectivity index (χ1n) is 7.24. The van der Waals surface area contributed by atoms with E-state index in [0.29, 0.717) is 5.56 Å². The molecule has 0 unspecified atom stereocenters. The highest BCUT2D eigenvalue weighted by molar-refractivity contribution is 7.88. The molecule has 122 valence electrons. The van der Waals surface area contributed by atoms with E-state index in [-0.39, 0.29) is 12.0 Å². The van der Waals surface area contributed by atoms with Gasteiger partial charge in [0.1, 0.15) is 0 Å². The van der Waals surface area contributed by atoms with Crippen molar-refractivity contribution in [2.45, 2.75) is 25.4 Å². The molecule has 0 aromatic heterocycles. The van der Waals surface area contributed by atoms with Gasteiger partial charge in [0.2, 0.25) is 10.0 Å². The molecule has 1 saturated heterocycles. The van der Waals surface area contributed by atoms with E-state index >= 15 is 0 Å². The second-order valence-electron chi connectivity index (χ2n) is 5.63. The van der Waals surface area contributed by atoms with Crippen LogP contribution in [-0.4, -0.2) is 51.8 Å². The molecule has 1 N–H and O–H groups in total. The van der Waals surface area contributed by atoms with Crippen molar-refractivity contribution < 1.29 is 17.9 Å². The molecule has 0 amide bonds. The van der Waals surface area contributed by atoms with Crippen LogP contribution < -0.4 is 4.72 Å². The highest BCUT2D eigenvalue weighted by atomic mass is 32.2. The van der Waals surface area contributed by atoms with Crippen molar-refractivity contribution in [2.75, 3.05) is 26.5 Å². The summed E-state index contributed by atoms with van der Waals surface area (Å²) < 4.78 is 29.8. The van der Waals surface area contributed by atoms with Gasteiger partial charge >= 0.3 is 5.97 Å². The number of methoxy groups -OCH3 is 1. The van der Waals surface area contributed by atoms with Crippen LogP contribution in [0, 0.1) is 0 Å². The number of nitrogens with zero attached hydrogens (tertiary/aromatic N) is 1. The minimum absolute atomic E-state index is 0.0210. The van der Waals surface area contributed by atoms with Gasteiger partial charge in [-0.25, -0.2) is 17.9 Å². The van der Waals surface area contributed by atoms with Crippen molar-refractivity contribution in [3.63, 3.8) is 0 Å². The smallest absolute Gasteiger partial charge is 0.337 e. The molecule has 2 rings (SSSR count). The number of carbonyl (C=O) groups excluding carboxylic acids is 1. The molecule has 1 heterocycles. The zero-order valence-corrected chi connectivity index (χ0v) is 13.7. The molecule has 1 aromatic rings. The summed E-state index contributed by atoms with van der Waals surface area (Å²) in [7, 11) is -1.77. The largest absolute Gasteiger partial charge is 0.465 e. The van der Waals surface area contributed by atoms with E-state index in [4.69, 9.17) is 4.74 Å². The summed E-state index contributed by atoms with van der Waals surface area (Å²) in [6.45, 7) is 2.40. The molecule has 6 nitrogen and oxygen atoms in total. The minimum Gasteiger partial charge on any atom is -0.465 e. The molecule has 22 heavy (non-hydrogen) atoms. The lowest BCUT2D eigenvalue weighted by Gasteiger charge is -2.32. The molecule has 1 aromatic carbocycles. The maximum atomic E-state index is 11.5. The van der Waals surface area contributed by atoms with Crippen molar-refractivity contribution >= 4 is 16.0 Å². The van der Waals surface area contributed by atoms with Gasteiger partial charge in [0.15, 0.2) is 0 Å². The maximum Gasteiger partial charge on any atom is 0.337 e. The molecular formula is C15H22N2O4S. The number of carbonyl (C=O) groups is 1. The van der Waals surface area contributed by atoms with Crippen LogP contribution in [0.25, 0.3) is 0 Å². The fraction of sp³-hybridized carbons (Fsp3) is 0.533. The SMILES string of the molecule is COC(=O)c1cccc(CN2CCC(NS(C)(=O)=O)CC2)c1. The van der Waals surface area contributed by atoms with E-state index < -0.39 is 10.0 Å². The summed E-state index contributed by atoms with van der Waals surface area (Å²) in [5.74, 6) is -0.335. The Kier molecular flexibility index (Phi) is 5.55. The van der Waals surface area contributed by atoms with Gasteiger partial charge in [0, 0.05) is 25.7 Å². The zero-order chi connectivity index (χ0) is 16.2. The summed E-state index contributed by atoms with van der Waals surface area (Å²) in [5.41, 5.74) is 1.60. The molecular weight excluding hydrogens is 304 g/mol. The fourth-order valence-electron chi connectivity index (χ4n) is 2.68. The Morgan fingerprint density at radius 2 is 2.05 bits per heavy atom. The topological polar surface area (TPSA) is 75.7 Å². The Bertz CT molecular complexity index is 622. The number of hydrogen-bond acceptors (Lipinski definition) is 5. The van der Waals surface area contributed by atoms with E-state index in [0.717, 1.165) is 38.0 Å². The van der Waals surface area contributed by atoms with E-state index in [1.165, 1.54) is 13.4 Å². The third-order valence-electron chi connectivity index (χ3n) is 3.72. The molecule has 1 aliphatic heterocycles. The second kappa shape index (κ2) is 7.21. The van der Waals surface area contributed by atoms with Gasteiger partial charge in [0.05, 0.1) is 18.9 Å². The van der Waals surface area contributed by atoms with Gasteiger partial charge in [0.25, 0.3) is 0 Å². The van der Waals surface area contributed by atoms with Gasteiger partial charge in [-0.1, -0.05) is 12.1 Å². The van der Waals surface area contributed by atoms with Crippen LogP contribution >= 0.6 is 0 Å². The first-order valence-corrected chi connectivity index (χ1v) is 9.13. The molecule has 0 bridgehead atoms. The Morgan fingerprint density at radius 3 is 2.64 bits per heavy atom. The Balaban J connectivity index is 1.90. The molecule has 1 fully saturated rings. The predicted octanol–water partition coefficient (Wildman–Crippen LogP) is 0.987. The number of sulfonamides is 1. The van der Waals surface area contributed by atoms with Gasteiger partial charge in [-0.05, 0) is 30.5 Å². The Hall–Kier alpha value is -1.44. The molecule has 1 aliphatic rings. The average molecular weight is 326 g/mol. The van der Waals surface area contributed by atoms with E-state index in [1.807, 2.05) is 18.2 Å². The number of esters is 1. The molecule has 0 aliphatic carbocycles. The number of rotatable bonds is 5. The number of piperidine rings is 1. The van der Waals surface area contributed by atoms with Crippen molar-refractivity contribution in [1.29, 1.82) is 0 Å². The zero-order valence-electron chi connectivity index (χ0n) is 12.9. The Morgan fingerprint density at radius 1 is 1.36 bits per heavy atom. The average Bonchev–Trinajstić information content (AvgIpc) is 2.47. The highest BCUT2D eigenvalue weighted by Crippen LogP contribution is 2.15. The van der Waals surface area contributed by atoms with Crippen molar-refractivity contribution in [1.82, 2.24) is 9.62 Å². The summed E-state index contributed by atoms with van der Waals surface area (Å²) >= 11 is 0. The predicted molar refractivity (Wildman–Crippen MR) is 84.1 cm³/mol. The van der Waals surface area contributed by atoms with Crippen molar-refractivity contribution in [3.05, 3.63) is 35.4 Å². The third kappa shape index (κ3) is 5.08. The lowest BCUT2D eigenvalue weighted by Crippen LogP contribution is -2.43. The standard InChI is InChI=1S/C15H22N2O4S/c1-21-15(18)13-5-3-4-12(10-13)11-17-8-6-14(7-9-17)16-22(2,19)20/h3-5,10,14,16H,6-9,11H2,1-2H3. The molecule has 0 saturated carbocycles. The molecule has 0 spiro atoms. The van der Waals surface area contributed by atoms with Gasteiger partial charge in [-0.15, -0.1) is 0 Å². The lowest BCUT2D eigenvalue weighted by molar-refractivity contribution is 0.0600. The fourth-order valence-corrected chi connectivity index (χ4v) is 3.53. The maximum absolute atomic E-state index is 11.5. The summed E-state index contributed by atoms with van der Waals surface area (Å²) in [4.78, 5) is 13.8. The first-order chi connectivity index (χ1) is 10.4. The van der Waals surface area contributed by atoms with E-state index in [1.54, 1.807) is 6.07 Å². The van der Waals surface area contributed by atoms with Gasteiger partial charge in [-0.2, -0.15) is 0 Å². The number of likely N-dealkylation sites (tertiary alicyclic amines) is 1. The second-order valence-corrected chi connectivity index (χ2v) is 7.41.